The summed E-state index contributed by atoms with van der Waals surface area (Å²) in [7, 11) is 0. The molecule has 1 heterocycles. The van der Waals surface area contributed by atoms with Gasteiger partial charge in [-0.15, -0.1) is 0 Å². The summed E-state index contributed by atoms with van der Waals surface area (Å²) in [6.07, 6.45) is 0. The smallest absolute Gasteiger partial charge is 0.143 e. The van der Waals surface area contributed by atoms with E-state index in [1.54, 1.807) is 12.1 Å². The summed E-state index contributed by atoms with van der Waals surface area (Å²) >= 11 is 0. The van der Waals surface area contributed by atoms with Crippen molar-refractivity contribution >= 4 is 16.7 Å². The van der Waals surface area contributed by atoms with Gasteiger partial charge in [0, 0.05) is 5.69 Å². The number of anilines is 1. The van der Waals surface area contributed by atoms with Gasteiger partial charge in [0.05, 0.1) is 16.6 Å². The Labute approximate surface area is 103 Å². The van der Waals surface area contributed by atoms with E-state index in [2.05, 4.69) is 9.97 Å². The van der Waals surface area contributed by atoms with Crippen LogP contribution in [0.3, 0.4) is 0 Å². The number of imidazole rings is 1. The molecule has 90 valence electrons. The fourth-order valence-electron chi connectivity index (χ4n) is 2.03. The fraction of sp³-hybridized carbons (Fsp3) is 0.0714. The second kappa shape index (κ2) is 3.84. The quantitative estimate of drug-likeness (QED) is 0.642. The zero-order chi connectivity index (χ0) is 12.7. The maximum absolute atomic E-state index is 13.8. The summed E-state index contributed by atoms with van der Waals surface area (Å²) in [6, 6.07) is 10.5. The normalized spacial score (nSPS) is 11.0. The summed E-state index contributed by atoms with van der Waals surface area (Å²) in [5.41, 5.74) is 9.32. The Balaban J connectivity index is 2.26. The molecule has 0 aliphatic carbocycles. The van der Waals surface area contributed by atoms with Crippen molar-refractivity contribution in [2.45, 2.75) is 6.92 Å². The van der Waals surface area contributed by atoms with E-state index in [-0.39, 0.29) is 5.82 Å². The number of fused-ring (bicyclic) bond motifs is 1. The Morgan fingerprint density at radius 1 is 1.22 bits per heavy atom. The molecule has 0 spiro atoms. The Kier molecular flexibility index (Phi) is 2.30. The molecule has 0 atom stereocenters. The molecule has 3 nitrogen and oxygen atoms in total. The molecule has 3 rings (SSSR count). The lowest BCUT2D eigenvalue weighted by Gasteiger charge is -2.02. The largest absolute Gasteiger partial charge is 0.398 e. The maximum atomic E-state index is 13.8. The molecule has 0 saturated carbocycles. The Morgan fingerprint density at radius 3 is 2.83 bits per heavy atom. The van der Waals surface area contributed by atoms with Crippen molar-refractivity contribution in [1.29, 1.82) is 0 Å². The molecule has 0 radical (unpaired) electrons. The summed E-state index contributed by atoms with van der Waals surface area (Å²) in [5.74, 6) is 0.0944. The van der Waals surface area contributed by atoms with Crippen molar-refractivity contribution in [3.05, 3.63) is 47.8 Å². The van der Waals surface area contributed by atoms with Gasteiger partial charge in [0.15, 0.2) is 0 Å². The first-order valence-corrected chi connectivity index (χ1v) is 5.66. The van der Waals surface area contributed by atoms with E-state index >= 15 is 0 Å². The van der Waals surface area contributed by atoms with Crippen molar-refractivity contribution in [1.82, 2.24) is 9.97 Å². The maximum Gasteiger partial charge on any atom is 0.143 e. The van der Waals surface area contributed by atoms with Gasteiger partial charge in [-0.05, 0) is 36.8 Å². The molecule has 3 N–H and O–H groups in total. The average Bonchev–Trinajstić information content (AvgIpc) is 2.71. The van der Waals surface area contributed by atoms with Gasteiger partial charge in [-0.2, -0.15) is 0 Å². The monoisotopic (exact) mass is 241 g/mol. The minimum atomic E-state index is -0.370. The first-order valence-electron chi connectivity index (χ1n) is 5.66. The number of rotatable bonds is 1. The molecule has 3 aromatic rings. The number of aromatic nitrogens is 2. The van der Waals surface area contributed by atoms with Gasteiger partial charge in [-0.25, -0.2) is 9.37 Å². The number of nitrogens with one attached hydrogen (secondary N) is 1. The van der Waals surface area contributed by atoms with E-state index in [9.17, 15) is 4.39 Å². The number of aryl methyl sites for hydroxylation is 1. The summed E-state index contributed by atoms with van der Waals surface area (Å²) < 4.78 is 13.8. The molecule has 0 aliphatic heterocycles. The lowest BCUT2D eigenvalue weighted by Crippen LogP contribution is -1.94. The number of nitrogens with two attached hydrogens (primary N) is 1. The number of nitrogens with zero attached hydrogens (tertiary/aromatic N) is 1. The van der Waals surface area contributed by atoms with Crippen molar-refractivity contribution in [3.63, 3.8) is 0 Å². The van der Waals surface area contributed by atoms with Crippen LogP contribution in [0.2, 0.25) is 0 Å². The van der Waals surface area contributed by atoms with Gasteiger partial charge in [-0.3, -0.25) is 0 Å². The number of hydrogen-bond acceptors (Lipinski definition) is 2. The molecule has 0 amide bonds. The van der Waals surface area contributed by atoms with Crippen molar-refractivity contribution in [2.75, 3.05) is 5.73 Å². The van der Waals surface area contributed by atoms with Gasteiger partial charge in [0.2, 0.25) is 0 Å². The highest BCUT2D eigenvalue weighted by atomic mass is 19.1. The standard InChI is InChI=1S/C14H12FN3/c1-8-5-6-11-12(7-8)18-14(17-11)13-9(15)3-2-4-10(13)16/h2-7H,16H2,1H3,(H,17,18). The number of halogens is 1. The van der Waals surface area contributed by atoms with E-state index in [0.717, 1.165) is 16.6 Å². The molecule has 0 bridgehead atoms. The topological polar surface area (TPSA) is 54.7 Å². The molecule has 0 fully saturated rings. The predicted octanol–water partition coefficient (Wildman–Crippen LogP) is 3.26. The van der Waals surface area contributed by atoms with Gasteiger partial charge < -0.3 is 10.7 Å². The fourth-order valence-corrected chi connectivity index (χ4v) is 2.03. The van der Waals surface area contributed by atoms with Crippen LogP contribution in [0.25, 0.3) is 22.4 Å². The van der Waals surface area contributed by atoms with E-state index in [4.69, 9.17) is 5.73 Å². The highest BCUT2D eigenvalue weighted by molar-refractivity contribution is 5.83. The summed E-state index contributed by atoms with van der Waals surface area (Å²) in [4.78, 5) is 7.47. The minimum absolute atomic E-state index is 0.325. The van der Waals surface area contributed by atoms with Gasteiger partial charge >= 0.3 is 0 Å². The molecular formula is C14H12FN3. The summed E-state index contributed by atoms with van der Waals surface area (Å²) in [6.45, 7) is 2.00. The number of nitrogen functional groups attached to an aromatic ring is 1. The van der Waals surface area contributed by atoms with Crippen molar-refractivity contribution in [2.24, 2.45) is 0 Å². The predicted molar refractivity (Wildman–Crippen MR) is 70.6 cm³/mol. The van der Waals surface area contributed by atoms with Gasteiger partial charge in [-0.1, -0.05) is 12.1 Å². The van der Waals surface area contributed by atoms with Crippen LogP contribution in [0.5, 0.6) is 0 Å². The highest BCUT2D eigenvalue weighted by Gasteiger charge is 2.12. The molecule has 0 aliphatic rings. The zero-order valence-corrected chi connectivity index (χ0v) is 9.87. The lowest BCUT2D eigenvalue weighted by molar-refractivity contribution is 0.631. The second-order valence-electron chi connectivity index (χ2n) is 4.31. The van der Waals surface area contributed by atoms with Crippen LogP contribution < -0.4 is 5.73 Å². The number of H-pyrrole nitrogens is 1. The third-order valence-corrected chi connectivity index (χ3v) is 2.92. The highest BCUT2D eigenvalue weighted by Crippen LogP contribution is 2.28. The average molecular weight is 241 g/mol. The first-order chi connectivity index (χ1) is 8.65. The van der Waals surface area contributed by atoms with Crippen LogP contribution >= 0.6 is 0 Å². The molecule has 0 unspecified atom stereocenters. The molecule has 2 aromatic carbocycles. The van der Waals surface area contributed by atoms with Crippen LogP contribution in [0.15, 0.2) is 36.4 Å². The number of aromatic amines is 1. The summed E-state index contributed by atoms with van der Waals surface area (Å²) in [5, 5.41) is 0. The zero-order valence-electron chi connectivity index (χ0n) is 9.87. The Hall–Kier alpha value is -2.36. The van der Waals surface area contributed by atoms with Gasteiger partial charge in [0.1, 0.15) is 11.6 Å². The van der Waals surface area contributed by atoms with Crippen LogP contribution in [0, 0.1) is 12.7 Å². The lowest BCUT2D eigenvalue weighted by atomic mass is 10.1. The molecule has 0 saturated heterocycles. The molecule has 18 heavy (non-hydrogen) atoms. The van der Waals surface area contributed by atoms with E-state index < -0.39 is 0 Å². The van der Waals surface area contributed by atoms with Crippen molar-refractivity contribution < 1.29 is 4.39 Å². The van der Waals surface area contributed by atoms with E-state index in [1.165, 1.54) is 6.07 Å². The Morgan fingerprint density at radius 2 is 2.06 bits per heavy atom. The third-order valence-electron chi connectivity index (χ3n) is 2.92. The molecule has 4 heteroatoms. The third kappa shape index (κ3) is 1.62. The first kappa shape index (κ1) is 10.8. The second-order valence-corrected chi connectivity index (χ2v) is 4.31. The number of hydrogen-bond donors (Lipinski definition) is 2. The molecule has 1 aromatic heterocycles. The van der Waals surface area contributed by atoms with Gasteiger partial charge in [0.25, 0.3) is 0 Å². The van der Waals surface area contributed by atoms with Crippen LogP contribution in [0.1, 0.15) is 5.56 Å². The van der Waals surface area contributed by atoms with Crippen molar-refractivity contribution in [3.8, 4) is 11.4 Å². The van der Waals surface area contributed by atoms with E-state index in [0.29, 0.717) is 17.1 Å². The van der Waals surface area contributed by atoms with Crippen LogP contribution in [-0.4, -0.2) is 9.97 Å². The van der Waals surface area contributed by atoms with Crippen LogP contribution in [-0.2, 0) is 0 Å². The number of benzene rings is 2. The van der Waals surface area contributed by atoms with Crippen LogP contribution in [0.4, 0.5) is 10.1 Å². The minimum Gasteiger partial charge on any atom is -0.398 e. The van der Waals surface area contributed by atoms with E-state index in [1.807, 2.05) is 25.1 Å². The SMILES string of the molecule is Cc1ccc2nc(-c3c(N)cccc3F)[nH]c2c1. The molecular weight excluding hydrogens is 229 g/mol. The Bertz CT molecular complexity index is 711.